The number of hydrogen-bond acceptors (Lipinski definition) is 6. The number of hydrogen-bond donors (Lipinski definition) is 2. The van der Waals surface area contributed by atoms with Gasteiger partial charge in [-0.2, -0.15) is 0 Å². The van der Waals surface area contributed by atoms with Gasteiger partial charge in [0.05, 0.1) is 26.0 Å². The SMILES string of the molecule is CNC[C@@H]1CCCc2cc(S(=O)(=O)c3ccccc3)ccc21.O=C(O)C[C@@H]1CCCc2cc(S(=O)(=O)c3ccccc3)ccc21. The summed E-state index contributed by atoms with van der Waals surface area (Å²) in [4.78, 5) is 12.3. The molecular weight excluding hydrogens is 607 g/mol. The van der Waals surface area contributed by atoms with Crippen LogP contribution in [0.25, 0.3) is 0 Å². The number of benzene rings is 4. The van der Waals surface area contributed by atoms with E-state index < -0.39 is 25.6 Å². The Morgan fingerprint density at radius 2 is 1.11 bits per heavy atom. The smallest absolute Gasteiger partial charge is 0.303 e. The Kier molecular flexibility index (Phi) is 10.2. The fourth-order valence-electron chi connectivity index (χ4n) is 6.47. The summed E-state index contributed by atoms with van der Waals surface area (Å²) in [5, 5.41) is 12.3. The molecule has 2 N–H and O–H groups in total. The third-order valence-corrected chi connectivity index (χ3v) is 12.2. The highest BCUT2D eigenvalue weighted by molar-refractivity contribution is 7.91. The van der Waals surface area contributed by atoms with Crippen LogP contribution in [0.15, 0.2) is 117 Å². The van der Waals surface area contributed by atoms with Gasteiger partial charge in [-0.05, 0) is 128 Å². The number of nitrogens with one attached hydrogen (secondary N) is 1. The third-order valence-electron chi connectivity index (χ3n) is 8.71. The van der Waals surface area contributed by atoms with E-state index in [1.165, 1.54) is 17.5 Å². The Morgan fingerprint density at radius 3 is 1.56 bits per heavy atom. The molecule has 0 heterocycles. The normalized spacial score (nSPS) is 17.7. The molecule has 4 aromatic rings. The van der Waals surface area contributed by atoms with Crippen LogP contribution in [0.5, 0.6) is 0 Å². The van der Waals surface area contributed by atoms with Crippen molar-refractivity contribution < 1.29 is 26.7 Å². The van der Waals surface area contributed by atoms with Crippen LogP contribution in [0.3, 0.4) is 0 Å². The summed E-state index contributed by atoms with van der Waals surface area (Å²) in [7, 11) is -4.99. The third kappa shape index (κ3) is 7.38. The summed E-state index contributed by atoms with van der Waals surface area (Å²) in [6, 6.07) is 27.7. The molecule has 2 aliphatic rings. The van der Waals surface area contributed by atoms with Crippen molar-refractivity contribution in [2.24, 2.45) is 0 Å². The molecule has 9 heteroatoms. The van der Waals surface area contributed by atoms with Crippen molar-refractivity contribution >= 4 is 25.6 Å². The molecular formula is C36H39NO6S2. The monoisotopic (exact) mass is 645 g/mol. The molecule has 0 bridgehead atoms. The summed E-state index contributed by atoms with van der Waals surface area (Å²) < 4.78 is 50.8. The summed E-state index contributed by atoms with van der Waals surface area (Å²) >= 11 is 0. The molecule has 0 spiro atoms. The fraction of sp³-hybridized carbons (Fsp3) is 0.306. The van der Waals surface area contributed by atoms with Crippen LogP contribution < -0.4 is 5.32 Å². The quantitative estimate of drug-likeness (QED) is 0.223. The number of likely N-dealkylation sites (N-methyl/N-ethyl adjacent to an activating group) is 1. The van der Waals surface area contributed by atoms with Gasteiger partial charge in [0, 0.05) is 6.54 Å². The molecule has 6 rings (SSSR count). The zero-order valence-electron chi connectivity index (χ0n) is 25.4. The summed E-state index contributed by atoms with van der Waals surface area (Å²) in [6.45, 7) is 0.942. The first-order chi connectivity index (χ1) is 21.6. The number of aryl methyl sites for hydroxylation is 2. The fourth-order valence-corrected chi connectivity index (χ4v) is 9.13. The van der Waals surface area contributed by atoms with Crippen molar-refractivity contribution in [2.75, 3.05) is 13.6 Å². The van der Waals surface area contributed by atoms with E-state index >= 15 is 0 Å². The molecule has 0 amide bonds. The standard InChI is InChI=1S/C18H21NO2S.C18H18O4S/c1-19-13-15-7-5-6-14-12-17(10-11-18(14)15)22(20,21)16-8-3-2-4-9-16;19-18(20)12-14-6-4-5-13-11-16(9-10-17(13)14)23(21,22)15-7-2-1-3-8-15/h2-4,8-12,15,19H,5-7,13H2,1H3;1-3,7-11,14H,4-6,12H2,(H,19,20)/t15-;14-/m00/s1. The number of carboxylic acids is 1. The van der Waals surface area contributed by atoms with E-state index in [1.807, 2.05) is 25.2 Å². The van der Waals surface area contributed by atoms with Crippen molar-refractivity contribution in [3.63, 3.8) is 0 Å². The first-order valence-electron chi connectivity index (χ1n) is 15.3. The number of aliphatic carboxylic acids is 1. The second-order valence-corrected chi connectivity index (χ2v) is 15.6. The van der Waals surface area contributed by atoms with E-state index in [1.54, 1.807) is 78.9 Å². The van der Waals surface area contributed by atoms with Crippen LogP contribution in [0.2, 0.25) is 0 Å². The van der Waals surface area contributed by atoms with Crippen molar-refractivity contribution in [1.29, 1.82) is 0 Å². The Balaban J connectivity index is 0.000000178. The van der Waals surface area contributed by atoms with Gasteiger partial charge >= 0.3 is 5.97 Å². The first-order valence-corrected chi connectivity index (χ1v) is 18.3. The van der Waals surface area contributed by atoms with Crippen LogP contribution >= 0.6 is 0 Å². The Labute approximate surface area is 266 Å². The lowest BCUT2D eigenvalue weighted by atomic mass is 9.81. The van der Waals surface area contributed by atoms with E-state index in [-0.39, 0.29) is 22.1 Å². The van der Waals surface area contributed by atoms with Crippen LogP contribution in [0, 0.1) is 0 Å². The molecule has 0 saturated heterocycles. The highest BCUT2D eigenvalue weighted by atomic mass is 32.2. The molecule has 0 saturated carbocycles. The van der Waals surface area contributed by atoms with Gasteiger partial charge in [0.1, 0.15) is 0 Å². The number of carboxylic acid groups (broad SMARTS) is 1. The van der Waals surface area contributed by atoms with E-state index in [9.17, 15) is 21.6 Å². The minimum Gasteiger partial charge on any atom is -0.481 e. The van der Waals surface area contributed by atoms with Gasteiger partial charge in [0.15, 0.2) is 0 Å². The maximum absolute atomic E-state index is 12.7. The molecule has 45 heavy (non-hydrogen) atoms. The van der Waals surface area contributed by atoms with Gasteiger partial charge in [0.2, 0.25) is 19.7 Å². The van der Waals surface area contributed by atoms with Gasteiger partial charge < -0.3 is 10.4 Å². The zero-order valence-corrected chi connectivity index (χ0v) is 27.0. The molecule has 0 unspecified atom stereocenters. The topological polar surface area (TPSA) is 118 Å². The lowest BCUT2D eigenvalue weighted by Crippen LogP contribution is -2.21. The van der Waals surface area contributed by atoms with E-state index in [2.05, 4.69) is 5.32 Å². The van der Waals surface area contributed by atoms with E-state index in [0.717, 1.165) is 49.8 Å². The van der Waals surface area contributed by atoms with Gasteiger partial charge in [0.25, 0.3) is 0 Å². The number of fused-ring (bicyclic) bond motifs is 2. The molecule has 4 aromatic carbocycles. The number of carbonyl (C=O) groups is 1. The predicted octanol–water partition coefficient (Wildman–Crippen LogP) is 6.57. The summed E-state index contributed by atoms with van der Waals surface area (Å²) in [5.74, 6) is -0.351. The van der Waals surface area contributed by atoms with Gasteiger partial charge in [-0.15, -0.1) is 0 Å². The highest BCUT2D eigenvalue weighted by Gasteiger charge is 2.26. The van der Waals surface area contributed by atoms with Gasteiger partial charge in [-0.1, -0.05) is 48.5 Å². The molecule has 0 aromatic heterocycles. The lowest BCUT2D eigenvalue weighted by Gasteiger charge is -2.25. The van der Waals surface area contributed by atoms with Crippen molar-refractivity contribution in [1.82, 2.24) is 5.32 Å². The maximum atomic E-state index is 12.7. The molecule has 236 valence electrons. The largest absolute Gasteiger partial charge is 0.481 e. The number of sulfone groups is 2. The molecule has 2 atom stereocenters. The predicted molar refractivity (Wildman–Crippen MR) is 174 cm³/mol. The van der Waals surface area contributed by atoms with Crippen molar-refractivity contribution in [2.45, 2.75) is 76.4 Å². The second-order valence-electron chi connectivity index (χ2n) is 11.7. The Morgan fingerprint density at radius 1 is 0.667 bits per heavy atom. The van der Waals surface area contributed by atoms with Crippen LogP contribution in [-0.2, 0) is 37.3 Å². The van der Waals surface area contributed by atoms with Gasteiger partial charge in [-0.3, -0.25) is 4.79 Å². The molecule has 2 aliphatic carbocycles. The first kappa shape index (κ1) is 32.6. The molecule has 0 radical (unpaired) electrons. The lowest BCUT2D eigenvalue weighted by molar-refractivity contribution is -0.137. The van der Waals surface area contributed by atoms with Gasteiger partial charge in [-0.25, -0.2) is 16.8 Å². The van der Waals surface area contributed by atoms with Crippen molar-refractivity contribution in [3.05, 3.63) is 119 Å². The van der Waals surface area contributed by atoms with Crippen LogP contribution in [0.4, 0.5) is 0 Å². The zero-order chi connectivity index (χ0) is 32.0. The van der Waals surface area contributed by atoms with Crippen LogP contribution in [-0.4, -0.2) is 41.5 Å². The minimum atomic E-state index is -3.53. The molecule has 0 aliphatic heterocycles. The average Bonchev–Trinajstić information content (AvgIpc) is 3.05. The second kappa shape index (κ2) is 14.1. The summed E-state index contributed by atoms with van der Waals surface area (Å²) in [6.07, 6.45) is 5.87. The average molecular weight is 646 g/mol. The molecule has 7 nitrogen and oxygen atoms in total. The Bertz CT molecular complexity index is 1860. The summed E-state index contributed by atoms with van der Waals surface area (Å²) in [5.41, 5.74) is 4.42. The minimum absolute atomic E-state index is 0.0234. The van der Waals surface area contributed by atoms with Crippen molar-refractivity contribution in [3.8, 4) is 0 Å². The number of rotatable bonds is 8. The maximum Gasteiger partial charge on any atom is 0.303 e. The van der Waals surface area contributed by atoms with E-state index in [0.29, 0.717) is 15.7 Å². The molecule has 0 fully saturated rings. The highest BCUT2D eigenvalue weighted by Crippen LogP contribution is 2.36. The van der Waals surface area contributed by atoms with Crippen LogP contribution in [0.1, 0.15) is 66.2 Å². The Hall–Kier alpha value is -3.79. The van der Waals surface area contributed by atoms with E-state index in [4.69, 9.17) is 5.11 Å².